The van der Waals surface area contributed by atoms with Crippen molar-refractivity contribution in [2.24, 2.45) is 0 Å². The van der Waals surface area contributed by atoms with Gasteiger partial charge in [-0.05, 0) is 91.2 Å². The van der Waals surface area contributed by atoms with Gasteiger partial charge in [0.1, 0.15) is 23.1 Å². The van der Waals surface area contributed by atoms with Gasteiger partial charge in [-0.2, -0.15) is 0 Å². The molecule has 5 aromatic carbocycles. The predicted molar refractivity (Wildman–Crippen MR) is 233 cm³/mol. The number of nitrogens with one attached hydrogen (secondary N) is 4. The second-order valence-electron chi connectivity index (χ2n) is 13.0. The van der Waals surface area contributed by atoms with E-state index in [0.29, 0.717) is 45.3 Å². The molecule has 0 spiro atoms. The molecule has 0 fully saturated rings. The van der Waals surface area contributed by atoms with E-state index in [1.807, 2.05) is 36.4 Å². The molecule has 0 aliphatic heterocycles. The van der Waals surface area contributed by atoms with E-state index in [9.17, 15) is 24.0 Å². The molecule has 0 saturated carbocycles. The number of methoxy groups -OCH3 is 1. The monoisotopic (exact) mass is 824 g/mol. The Morgan fingerprint density at radius 1 is 0.729 bits per heavy atom. The first-order valence-corrected chi connectivity index (χ1v) is 20.1. The minimum atomic E-state index is -0.685. The van der Waals surface area contributed by atoms with E-state index in [4.69, 9.17) is 9.47 Å². The maximum absolute atomic E-state index is 13.8. The summed E-state index contributed by atoms with van der Waals surface area (Å²) in [7, 11) is 1.23. The van der Waals surface area contributed by atoms with Crippen LogP contribution < -0.4 is 26.0 Å². The van der Waals surface area contributed by atoms with Crippen molar-refractivity contribution in [3.63, 3.8) is 0 Å². The molecule has 1 unspecified atom stereocenters. The number of amides is 4. The van der Waals surface area contributed by atoms with Crippen molar-refractivity contribution in [1.82, 2.24) is 5.32 Å². The van der Waals surface area contributed by atoms with Crippen LogP contribution in [-0.4, -0.2) is 42.0 Å². The number of rotatable bonds is 15. The first kappa shape index (κ1) is 41.7. The van der Waals surface area contributed by atoms with Crippen LogP contribution in [0.25, 0.3) is 6.08 Å². The summed E-state index contributed by atoms with van der Waals surface area (Å²) in [5.74, 6) is -1.91. The molecular formula is C46H40N4O7S2. The molecule has 11 nitrogen and oxygen atoms in total. The summed E-state index contributed by atoms with van der Waals surface area (Å²) in [6.07, 6.45) is 1.58. The standard InChI is InChI=1S/C46H40N4O7S2/c1-29-39(46(55)56-3)45(59-40(29)44(54)47-34-18-11-6-12-19-34)50-41(51)30(2)58-37-21-13-20-35(27-37)48-43(53)38(49-42(52)33-16-9-5-10-17-33)26-31-22-24-36(25-23-31)57-28-32-14-7-4-8-15-32/h4-27,30H,28H2,1-3H3,(H,47,54)(H,48,53)(H,49,52)(H,50,51)/b38-26+. The molecule has 4 amide bonds. The summed E-state index contributed by atoms with van der Waals surface area (Å²) in [6.45, 7) is 3.73. The number of thiophene rings is 1. The quantitative estimate of drug-likeness (QED) is 0.0455. The fourth-order valence-electron chi connectivity index (χ4n) is 5.70. The van der Waals surface area contributed by atoms with Crippen LogP contribution in [0.2, 0.25) is 0 Å². The third-order valence-electron chi connectivity index (χ3n) is 8.75. The zero-order valence-corrected chi connectivity index (χ0v) is 33.9. The molecule has 4 N–H and O–H groups in total. The van der Waals surface area contributed by atoms with Gasteiger partial charge in [0.05, 0.1) is 22.8 Å². The van der Waals surface area contributed by atoms with Crippen molar-refractivity contribution >= 4 is 75.1 Å². The van der Waals surface area contributed by atoms with Crippen LogP contribution in [0.4, 0.5) is 16.4 Å². The largest absolute Gasteiger partial charge is 0.489 e. The predicted octanol–water partition coefficient (Wildman–Crippen LogP) is 9.20. The van der Waals surface area contributed by atoms with Gasteiger partial charge < -0.3 is 30.7 Å². The van der Waals surface area contributed by atoms with Gasteiger partial charge in [0.15, 0.2) is 0 Å². The van der Waals surface area contributed by atoms with Gasteiger partial charge in [-0.15, -0.1) is 23.1 Å². The molecule has 0 aliphatic rings. The molecule has 0 aliphatic carbocycles. The Kier molecular flexibility index (Phi) is 14.1. The van der Waals surface area contributed by atoms with Crippen molar-refractivity contribution in [3.05, 3.63) is 178 Å². The van der Waals surface area contributed by atoms with Gasteiger partial charge in [0.2, 0.25) is 5.91 Å². The van der Waals surface area contributed by atoms with Crippen molar-refractivity contribution < 1.29 is 33.4 Å². The van der Waals surface area contributed by atoms with Gasteiger partial charge in [0, 0.05) is 21.8 Å². The van der Waals surface area contributed by atoms with Crippen molar-refractivity contribution in [2.75, 3.05) is 23.1 Å². The molecule has 1 atom stereocenters. The maximum Gasteiger partial charge on any atom is 0.341 e. The Hall–Kier alpha value is -6.96. The van der Waals surface area contributed by atoms with E-state index in [2.05, 4.69) is 21.3 Å². The Morgan fingerprint density at radius 2 is 1.37 bits per heavy atom. The minimum absolute atomic E-state index is 0.00656. The van der Waals surface area contributed by atoms with Crippen molar-refractivity contribution in [1.29, 1.82) is 0 Å². The molecule has 6 aromatic rings. The fraction of sp³-hybridized carbons (Fsp3) is 0.109. The van der Waals surface area contributed by atoms with Gasteiger partial charge in [-0.25, -0.2) is 4.79 Å². The highest BCUT2D eigenvalue weighted by Gasteiger charge is 2.28. The summed E-state index contributed by atoms with van der Waals surface area (Å²) in [4.78, 5) is 67.4. The first-order chi connectivity index (χ1) is 28.6. The third-order valence-corrected chi connectivity index (χ3v) is 11.1. The number of benzene rings is 5. The number of hydrogen-bond acceptors (Lipinski definition) is 9. The topological polar surface area (TPSA) is 152 Å². The van der Waals surface area contributed by atoms with Gasteiger partial charge in [-0.3, -0.25) is 19.2 Å². The van der Waals surface area contributed by atoms with Crippen LogP contribution in [0.3, 0.4) is 0 Å². The van der Waals surface area contributed by atoms with Crippen LogP contribution in [0, 0.1) is 6.92 Å². The summed E-state index contributed by atoms with van der Waals surface area (Å²) in [5.41, 5.74) is 3.56. The number of anilines is 3. The first-order valence-electron chi connectivity index (χ1n) is 18.4. The highest BCUT2D eigenvalue weighted by Crippen LogP contribution is 2.35. The van der Waals surface area contributed by atoms with E-state index in [1.165, 1.54) is 18.9 Å². The maximum atomic E-state index is 13.8. The molecule has 59 heavy (non-hydrogen) atoms. The number of ether oxygens (including phenoxy) is 2. The van der Waals surface area contributed by atoms with Gasteiger partial charge in [0.25, 0.3) is 17.7 Å². The summed E-state index contributed by atoms with van der Waals surface area (Å²) in [6, 6.07) is 41.3. The molecule has 6 rings (SSSR count). The number of hydrogen-bond donors (Lipinski definition) is 4. The molecule has 0 bridgehead atoms. The average molecular weight is 825 g/mol. The smallest absolute Gasteiger partial charge is 0.341 e. The zero-order chi connectivity index (χ0) is 41.7. The molecule has 298 valence electrons. The molecule has 0 saturated heterocycles. The Balaban J connectivity index is 1.14. The lowest BCUT2D eigenvalue weighted by Gasteiger charge is -2.14. The van der Waals surface area contributed by atoms with E-state index < -0.39 is 34.8 Å². The molecule has 1 heterocycles. The highest BCUT2D eigenvalue weighted by atomic mass is 32.2. The fourth-order valence-corrected chi connectivity index (χ4v) is 7.72. The lowest BCUT2D eigenvalue weighted by atomic mass is 10.1. The number of carbonyl (C=O) groups is 5. The Labute approximate surface area is 349 Å². The molecule has 13 heteroatoms. The van der Waals surface area contributed by atoms with E-state index in [1.54, 1.807) is 123 Å². The van der Waals surface area contributed by atoms with Gasteiger partial charge in [-0.1, -0.05) is 84.9 Å². The SMILES string of the molecule is COC(=O)c1c(NC(=O)C(C)Sc2cccc(NC(=O)/C(=C\c3ccc(OCc4ccccc4)cc3)NC(=O)c3ccccc3)c2)sc(C(=O)Nc2ccccc2)c1C. The normalized spacial score (nSPS) is 11.5. The van der Waals surface area contributed by atoms with E-state index >= 15 is 0 Å². The molecule has 0 radical (unpaired) electrons. The van der Waals surface area contributed by atoms with Crippen LogP contribution in [-0.2, 0) is 20.9 Å². The number of carbonyl (C=O) groups excluding carboxylic acids is 5. The Morgan fingerprint density at radius 3 is 2.05 bits per heavy atom. The van der Waals surface area contributed by atoms with E-state index in [-0.39, 0.29) is 21.1 Å². The number of para-hydroxylation sites is 1. The summed E-state index contributed by atoms with van der Waals surface area (Å²) >= 11 is 2.21. The average Bonchev–Trinajstić information content (AvgIpc) is 3.58. The van der Waals surface area contributed by atoms with Crippen LogP contribution >= 0.6 is 23.1 Å². The van der Waals surface area contributed by atoms with E-state index in [0.717, 1.165) is 16.9 Å². The minimum Gasteiger partial charge on any atom is -0.489 e. The van der Waals surface area contributed by atoms with Crippen LogP contribution in [0.15, 0.2) is 150 Å². The summed E-state index contributed by atoms with van der Waals surface area (Å²) in [5, 5.41) is 10.8. The highest BCUT2D eigenvalue weighted by molar-refractivity contribution is 8.00. The van der Waals surface area contributed by atoms with Gasteiger partial charge >= 0.3 is 5.97 Å². The van der Waals surface area contributed by atoms with Crippen LogP contribution in [0.1, 0.15) is 54.0 Å². The van der Waals surface area contributed by atoms with Crippen LogP contribution in [0.5, 0.6) is 5.75 Å². The number of esters is 1. The second kappa shape index (κ2) is 19.9. The van der Waals surface area contributed by atoms with Crippen molar-refractivity contribution in [3.8, 4) is 5.75 Å². The molecular weight excluding hydrogens is 785 g/mol. The van der Waals surface area contributed by atoms with Crippen molar-refractivity contribution in [2.45, 2.75) is 30.6 Å². The Bertz CT molecular complexity index is 2470. The third kappa shape index (κ3) is 11.3. The lowest BCUT2D eigenvalue weighted by molar-refractivity contribution is -0.115. The zero-order valence-electron chi connectivity index (χ0n) is 32.3. The summed E-state index contributed by atoms with van der Waals surface area (Å²) < 4.78 is 10.9. The second-order valence-corrected chi connectivity index (χ2v) is 15.5. The molecule has 1 aromatic heterocycles. The lowest BCUT2D eigenvalue weighted by Crippen LogP contribution is -2.30. The number of thioether (sulfide) groups is 1.